The molecule has 8 heteroatoms. The van der Waals surface area contributed by atoms with E-state index in [0.717, 1.165) is 24.3 Å². The standard InChI is InChI=1S/C27H33N3O5/c1-19-5-3-4-6-24(19)26(32)30-13-11-21(12-14-30)27(33)35-20(2)25(31)28-22-7-9-23(10-8-22)29-15-17-34-18-16-29/h3-10,20-21H,11-18H2,1-2H3,(H,28,31). The number of likely N-dealkylation sites (tertiary alicyclic amines) is 1. The SMILES string of the molecule is Cc1ccccc1C(=O)N1CCC(C(=O)OC(C)C(=O)Nc2ccc(N3CCOCC3)cc2)CC1. The van der Waals surface area contributed by atoms with Crippen LogP contribution in [0.1, 0.15) is 35.7 Å². The first kappa shape index (κ1) is 24.7. The minimum absolute atomic E-state index is 0.0118. The number of morpholine rings is 1. The van der Waals surface area contributed by atoms with Gasteiger partial charge < -0.3 is 24.6 Å². The molecule has 1 unspecified atom stereocenters. The molecule has 2 aliphatic rings. The van der Waals surface area contributed by atoms with E-state index in [9.17, 15) is 14.4 Å². The Morgan fingerprint density at radius 3 is 2.29 bits per heavy atom. The summed E-state index contributed by atoms with van der Waals surface area (Å²) >= 11 is 0. The molecule has 2 aliphatic heterocycles. The number of amides is 2. The van der Waals surface area contributed by atoms with Crippen LogP contribution in [0.3, 0.4) is 0 Å². The lowest BCUT2D eigenvalue weighted by Crippen LogP contribution is -2.42. The Labute approximate surface area is 206 Å². The number of esters is 1. The fourth-order valence-corrected chi connectivity index (χ4v) is 4.45. The quantitative estimate of drug-likeness (QED) is 0.640. The third-order valence-electron chi connectivity index (χ3n) is 6.66. The number of anilines is 2. The van der Waals surface area contributed by atoms with Crippen LogP contribution in [0.25, 0.3) is 0 Å². The normalized spacial score (nSPS) is 17.5. The summed E-state index contributed by atoms with van der Waals surface area (Å²) < 4.78 is 10.8. The number of ether oxygens (including phenoxy) is 2. The third kappa shape index (κ3) is 6.19. The molecule has 0 saturated carbocycles. The van der Waals surface area contributed by atoms with Gasteiger partial charge in [0.1, 0.15) is 0 Å². The highest BCUT2D eigenvalue weighted by Crippen LogP contribution is 2.23. The van der Waals surface area contributed by atoms with Gasteiger partial charge in [0.25, 0.3) is 11.8 Å². The largest absolute Gasteiger partial charge is 0.452 e. The van der Waals surface area contributed by atoms with E-state index >= 15 is 0 Å². The van der Waals surface area contributed by atoms with Gasteiger partial charge in [0.05, 0.1) is 19.1 Å². The molecule has 0 aliphatic carbocycles. The number of hydrogen-bond donors (Lipinski definition) is 1. The van der Waals surface area contributed by atoms with Gasteiger partial charge in [0.15, 0.2) is 6.10 Å². The van der Waals surface area contributed by atoms with Crippen molar-refractivity contribution < 1.29 is 23.9 Å². The molecule has 0 spiro atoms. The molecular formula is C27H33N3O5. The number of nitrogens with zero attached hydrogens (tertiary/aromatic N) is 2. The molecule has 0 aromatic heterocycles. The van der Waals surface area contributed by atoms with Crippen LogP contribution in [0.4, 0.5) is 11.4 Å². The first-order valence-corrected chi connectivity index (χ1v) is 12.2. The lowest BCUT2D eigenvalue weighted by molar-refractivity contribution is -0.158. The van der Waals surface area contributed by atoms with Gasteiger partial charge >= 0.3 is 5.97 Å². The van der Waals surface area contributed by atoms with E-state index in [4.69, 9.17) is 9.47 Å². The topological polar surface area (TPSA) is 88.2 Å². The number of nitrogens with one attached hydrogen (secondary N) is 1. The number of benzene rings is 2. The van der Waals surface area contributed by atoms with Crippen molar-refractivity contribution in [2.45, 2.75) is 32.8 Å². The number of hydrogen-bond acceptors (Lipinski definition) is 6. The number of aryl methyl sites for hydroxylation is 1. The van der Waals surface area contributed by atoms with E-state index in [-0.39, 0.29) is 17.7 Å². The Bertz CT molecular complexity index is 1040. The molecule has 2 aromatic rings. The molecule has 4 rings (SSSR count). The van der Waals surface area contributed by atoms with Gasteiger partial charge in [-0.1, -0.05) is 18.2 Å². The summed E-state index contributed by atoms with van der Waals surface area (Å²) in [5, 5.41) is 2.81. The maximum atomic E-state index is 12.8. The summed E-state index contributed by atoms with van der Waals surface area (Å²) in [7, 11) is 0. The Morgan fingerprint density at radius 2 is 1.63 bits per heavy atom. The summed E-state index contributed by atoms with van der Waals surface area (Å²) in [5.74, 6) is -1.09. The van der Waals surface area contributed by atoms with Crippen LogP contribution in [0, 0.1) is 12.8 Å². The van der Waals surface area contributed by atoms with Crippen molar-refractivity contribution in [3.63, 3.8) is 0 Å². The third-order valence-corrected chi connectivity index (χ3v) is 6.66. The van der Waals surface area contributed by atoms with Crippen LogP contribution >= 0.6 is 0 Å². The second kappa shape index (κ2) is 11.4. The van der Waals surface area contributed by atoms with Crippen LogP contribution in [0.2, 0.25) is 0 Å². The average molecular weight is 480 g/mol. The minimum atomic E-state index is -0.909. The average Bonchev–Trinajstić information content (AvgIpc) is 2.89. The van der Waals surface area contributed by atoms with Crippen molar-refractivity contribution in [1.82, 2.24) is 4.90 Å². The summed E-state index contributed by atoms with van der Waals surface area (Å²) in [6.45, 7) is 7.59. The molecule has 2 aromatic carbocycles. The predicted octanol–water partition coefficient (Wildman–Crippen LogP) is 3.25. The monoisotopic (exact) mass is 479 g/mol. The van der Waals surface area contributed by atoms with Gasteiger partial charge in [-0.3, -0.25) is 14.4 Å². The van der Waals surface area contributed by atoms with E-state index in [1.54, 1.807) is 11.8 Å². The first-order valence-electron chi connectivity index (χ1n) is 12.2. The molecule has 1 atom stereocenters. The van der Waals surface area contributed by atoms with Crippen molar-refractivity contribution in [1.29, 1.82) is 0 Å². The molecule has 35 heavy (non-hydrogen) atoms. The molecule has 2 heterocycles. The zero-order valence-corrected chi connectivity index (χ0v) is 20.4. The lowest BCUT2D eigenvalue weighted by atomic mass is 9.96. The van der Waals surface area contributed by atoms with Gasteiger partial charge in [-0.15, -0.1) is 0 Å². The highest BCUT2D eigenvalue weighted by atomic mass is 16.5. The van der Waals surface area contributed by atoms with Gasteiger partial charge in [-0.25, -0.2) is 0 Å². The van der Waals surface area contributed by atoms with Crippen LogP contribution in [-0.4, -0.2) is 68.2 Å². The predicted molar refractivity (Wildman–Crippen MR) is 133 cm³/mol. The van der Waals surface area contributed by atoms with E-state index in [1.165, 1.54) is 0 Å². The van der Waals surface area contributed by atoms with Crippen molar-refractivity contribution in [2.24, 2.45) is 5.92 Å². The summed E-state index contributed by atoms with van der Waals surface area (Å²) in [6, 6.07) is 15.1. The summed E-state index contributed by atoms with van der Waals surface area (Å²) in [6.07, 6.45) is 0.134. The second-order valence-electron chi connectivity index (χ2n) is 9.10. The van der Waals surface area contributed by atoms with Crippen LogP contribution < -0.4 is 10.2 Å². The number of rotatable bonds is 6. The van der Waals surface area contributed by atoms with E-state index in [0.29, 0.717) is 50.4 Å². The number of piperidine rings is 1. The zero-order valence-electron chi connectivity index (χ0n) is 20.4. The van der Waals surface area contributed by atoms with Crippen LogP contribution in [0.5, 0.6) is 0 Å². The summed E-state index contributed by atoms with van der Waals surface area (Å²) in [5.41, 5.74) is 3.36. The fraction of sp³-hybridized carbons (Fsp3) is 0.444. The Kier molecular flexibility index (Phi) is 8.02. The zero-order chi connectivity index (χ0) is 24.8. The molecule has 0 radical (unpaired) electrons. The highest BCUT2D eigenvalue weighted by Gasteiger charge is 2.31. The Hall–Kier alpha value is -3.39. The van der Waals surface area contributed by atoms with Gasteiger partial charge in [0, 0.05) is 43.1 Å². The van der Waals surface area contributed by atoms with Crippen molar-refractivity contribution in [2.75, 3.05) is 49.6 Å². The van der Waals surface area contributed by atoms with Crippen molar-refractivity contribution in [3.8, 4) is 0 Å². The maximum Gasteiger partial charge on any atom is 0.309 e. The minimum Gasteiger partial charge on any atom is -0.452 e. The van der Waals surface area contributed by atoms with E-state index in [1.807, 2.05) is 55.5 Å². The maximum absolute atomic E-state index is 12.8. The molecule has 2 amide bonds. The fourth-order valence-electron chi connectivity index (χ4n) is 4.45. The van der Waals surface area contributed by atoms with E-state index < -0.39 is 12.1 Å². The Balaban J connectivity index is 1.23. The van der Waals surface area contributed by atoms with E-state index in [2.05, 4.69) is 10.2 Å². The Morgan fingerprint density at radius 1 is 0.971 bits per heavy atom. The van der Waals surface area contributed by atoms with Gasteiger partial charge in [-0.05, 0) is 62.6 Å². The molecule has 2 saturated heterocycles. The molecule has 186 valence electrons. The van der Waals surface area contributed by atoms with Gasteiger partial charge in [-0.2, -0.15) is 0 Å². The van der Waals surface area contributed by atoms with Crippen molar-refractivity contribution in [3.05, 3.63) is 59.7 Å². The lowest BCUT2D eigenvalue weighted by Gasteiger charge is -2.31. The van der Waals surface area contributed by atoms with Crippen LogP contribution in [-0.2, 0) is 19.1 Å². The molecule has 8 nitrogen and oxygen atoms in total. The number of carbonyl (C=O) groups excluding carboxylic acids is 3. The second-order valence-corrected chi connectivity index (χ2v) is 9.10. The molecular weight excluding hydrogens is 446 g/mol. The van der Waals surface area contributed by atoms with Crippen molar-refractivity contribution >= 4 is 29.2 Å². The number of carbonyl (C=O) groups is 3. The molecule has 2 fully saturated rings. The first-order chi connectivity index (χ1) is 16.9. The molecule has 0 bridgehead atoms. The highest BCUT2D eigenvalue weighted by molar-refractivity contribution is 5.96. The molecule has 1 N–H and O–H groups in total. The smallest absolute Gasteiger partial charge is 0.309 e. The summed E-state index contributed by atoms with van der Waals surface area (Å²) in [4.78, 5) is 42.1. The van der Waals surface area contributed by atoms with Gasteiger partial charge in [0.2, 0.25) is 0 Å². The van der Waals surface area contributed by atoms with Crippen LogP contribution in [0.15, 0.2) is 48.5 Å².